The maximum absolute atomic E-state index is 6.14. The van der Waals surface area contributed by atoms with Crippen LogP contribution in [0, 0.1) is 0 Å². The largest absolute Gasteiger partial charge is 0.489 e. The van der Waals surface area contributed by atoms with Gasteiger partial charge in [-0.05, 0) is 37.2 Å². The van der Waals surface area contributed by atoms with E-state index in [-0.39, 0.29) is 0 Å². The molecule has 0 amide bonds. The second kappa shape index (κ2) is 9.20. The van der Waals surface area contributed by atoms with E-state index in [1.807, 2.05) is 49.1 Å². The van der Waals surface area contributed by atoms with Crippen LogP contribution in [0.3, 0.4) is 0 Å². The molecule has 0 unspecified atom stereocenters. The maximum atomic E-state index is 6.14. The molecule has 0 bridgehead atoms. The van der Waals surface area contributed by atoms with Gasteiger partial charge >= 0.3 is 0 Å². The summed E-state index contributed by atoms with van der Waals surface area (Å²) in [7, 11) is 0. The van der Waals surface area contributed by atoms with Gasteiger partial charge in [-0.15, -0.1) is 0 Å². The molecule has 0 fully saturated rings. The topological polar surface area (TPSA) is 52.0 Å². The van der Waals surface area contributed by atoms with E-state index < -0.39 is 0 Å². The summed E-state index contributed by atoms with van der Waals surface area (Å²) in [6.07, 6.45) is 10.2. The normalized spacial score (nSPS) is 10.8. The fourth-order valence-electron chi connectivity index (χ4n) is 2.50. The van der Waals surface area contributed by atoms with Crippen LogP contribution in [0.2, 0.25) is 5.02 Å². The van der Waals surface area contributed by atoms with Crippen LogP contribution in [0.5, 0.6) is 5.75 Å². The first-order valence-electron chi connectivity index (χ1n) is 8.28. The van der Waals surface area contributed by atoms with Crippen LogP contribution in [0.1, 0.15) is 17.5 Å². The summed E-state index contributed by atoms with van der Waals surface area (Å²) in [4.78, 5) is 8.15. The SMILES string of the molecule is Clc1ccc(OCc2cccnc2)c(CNCCCn2ccnc2)c1. The summed E-state index contributed by atoms with van der Waals surface area (Å²) in [6.45, 7) is 3.07. The summed E-state index contributed by atoms with van der Waals surface area (Å²) in [5, 5.41) is 4.16. The predicted molar refractivity (Wildman–Crippen MR) is 98.6 cm³/mol. The standard InChI is InChI=1S/C19H21ClN4O/c20-18-4-5-19(25-14-16-3-1-6-21-12-16)17(11-18)13-22-7-2-9-24-10-8-23-15-24/h1,3-6,8,10-12,15,22H,2,7,9,13-14H2. The highest BCUT2D eigenvalue weighted by molar-refractivity contribution is 6.30. The van der Waals surface area contributed by atoms with Gasteiger partial charge < -0.3 is 14.6 Å². The Kier molecular flexibility index (Phi) is 6.42. The number of rotatable bonds is 9. The highest BCUT2D eigenvalue weighted by Crippen LogP contribution is 2.23. The van der Waals surface area contributed by atoms with Crippen molar-refractivity contribution < 1.29 is 4.74 Å². The molecule has 0 atom stereocenters. The van der Waals surface area contributed by atoms with Crippen molar-refractivity contribution >= 4 is 11.6 Å². The smallest absolute Gasteiger partial charge is 0.124 e. The van der Waals surface area contributed by atoms with Gasteiger partial charge in [-0.2, -0.15) is 0 Å². The summed E-state index contributed by atoms with van der Waals surface area (Å²) in [6, 6.07) is 9.62. The van der Waals surface area contributed by atoms with Crippen LogP contribution in [0.25, 0.3) is 0 Å². The molecular weight excluding hydrogens is 336 g/mol. The molecule has 1 aromatic carbocycles. The minimum Gasteiger partial charge on any atom is -0.489 e. The van der Waals surface area contributed by atoms with Crippen molar-refractivity contribution in [1.82, 2.24) is 19.9 Å². The van der Waals surface area contributed by atoms with Crippen LogP contribution in [-0.4, -0.2) is 21.1 Å². The lowest BCUT2D eigenvalue weighted by Crippen LogP contribution is -2.17. The Balaban J connectivity index is 1.50. The molecule has 0 spiro atoms. The molecule has 130 valence electrons. The number of ether oxygens (including phenoxy) is 1. The van der Waals surface area contributed by atoms with Crippen molar-refractivity contribution in [1.29, 1.82) is 0 Å². The number of aryl methyl sites for hydroxylation is 1. The van der Waals surface area contributed by atoms with E-state index in [1.54, 1.807) is 12.4 Å². The van der Waals surface area contributed by atoms with E-state index in [2.05, 4.69) is 19.9 Å². The Labute approximate surface area is 152 Å². The van der Waals surface area contributed by atoms with Gasteiger partial charge in [-0.3, -0.25) is 4.98 Å². The lowest BCUT2D eigenvalue weighted by atomic mass is 10.2. The Hall–Kier alpha value is -2.37. The molecule has 0 aliphatic rings. The Morgan fingerprint density at radius 2 is 2.12 bits per heavy atom. The third-order valence-electron chi connectivity index (χ3n) is 3.78. The zero-order chi connectivity index (χ0) is 17.3. The summed E-state index contributed by atoms with van der Waals surface area (Å²) >= 11 is 6.14. The first kappa shape index (κ1) is 17.5. The highest BCUT2D eigenvalue weighted by atomic mass is 35.5. The minimum atomic E-state index is 0.489. The zero-order valence-corrected chi connectivity index (χ0v) is 14.7. The molecule has 2 heterocycles. The van der Waals surface area contributed by atoms with E-state index in [0.29, 0.717) is 18.2 Å². The maximum Gasteiger partial charge on any atom is 0.124 e. The number of pyridine rings is 1. The summed E-state index contributed by atoms with van der Waals surface area (Å²) < 4.78 is 8.02. The van der Waals surface area contributed by atoms with Gasteiger partial charge in [0, 0.05) is 54.0 Å². The van der Waals surface area contributed by atoms with Crippen molar-refractivity contribution in [3.05, 3.63) is 77.6 Å². The molecule has 25 heavy (non-hydrogen) atoms. The van der Waals surface area contributed by atoms with Crippen molar-refractivity contribution in [3.8, 4) is 5.75 Å². The van der Waals surface area contributed by atoms with Gasteiger partial charge in [0.05, 0.1) is 6.33 Å². The number of nitrogens with zero attached hydrogens (tertiary/aromatic N) is 3. The van der Waals surface area contributed by atoms with Crippen molar-refractivity contribution in [2.24, 2.45) is 0 Å². The van der Waals surface area contributed by atoms with Crippen LogP contribution >= 0.6 is 11.6 Å². The third-order valence-corrected chi connectivity index (χ3v) is 4.02. The Morgan fingerprint density at radius 1 is 1.16 bits per heavy atom. The first-order valence-corrected chi connectivity index (χ1v) is 8.65. The number of aromatic nitrogens is 3. The molecule has 6 heteroatoms. The van der Waals surface area contributed by atoms with E-state index in [9.17, 15) is 0 Å². The van der Waals surface area contributed by atoms with Gasteiger partial charge in [-0.25, -0.2) is 4.98 Å². The van der Waals surface area contributed by atoms with E-state index in [4.69, 9.17) is 16.3 Å². The predicted octanol–water partition coefficient (Wildman–Crippen LogP) is 3.69. The number of nitrogens with one attached hydrogen (secondary N) is 1. The van der Waals surface area contributed by atoms with Crippen LogP contribution in [-0.2, 0) is 19.7 Å². The molecule has 3 aromatic rings. The van der Waals surface area contributed by atoms with Gasteiger partial charge in [0.15, 0.2) is 0 Å². The lowest BCUT2D eigenvalue weighted by molar-refractivity contribution is 0.301. The minimum absolute atomic E-state index is 0.489. The second-order valence-corrected chi connectivity index (χ2v) is 6.17. The van der Waals surface area contributed by atoms with E-state index in [1.165, 1.54) is 0 Å². The van der Waals surface area contributed by atoms with Gasteiger partial charge in [0.25, 0.3) is 0 Å². The van der Waals surface area contributed by atoms with Gasteiger partial charge in [-0.1, -0.05) is 17.7 Å². The van der Waals surface area contributed by atoms with E-state index in [0.717, 1.165) is 36.4 Å². The molecule has 0 saturated heterocycles. The fraction of sp³-hybridized carbons (Fsp3) is 0.263. The fourth-order valence-corrected chi connectivity index (χ4v) is 2.69. The number of hydrogen-bond acceptors (Lipinski definition) is 4. The number of hydrogen-bond donors (Lipinski definition) is 1. The Bertz CT molecular complexity index is 762. The van der Waals surface area contributed by atoms with E-state index >= 15 is 0 Å². The average Bonchev–Trinajstić information content (AvgIpc) is 3.15. The quantitative estimate of drug-likeness (QED) is 0.594. The van der Waals surface area contributed by atoms with Crippen molar-refractivity contribution in [2.75, 3.05) is 6.54 Å². The van der Waals surface area contributed by atoms with Crippen LogP contribution in [0.15, 0.2) is 61.4 Å². The second-order valence-electron chi connectivity index (χ2n) is 5.73. The molecule has 2 aromatic heterocycles. The molecule has 3 rings (SSSR count). The molecule has 0 saturated carbocycles. The molecule has 0 radical (unpaired) electrons. The van der Waals surface area contributed by atoms with Crippen molar-refractivity contribution in [2.45, 2.75) is 26.1 Å². The summed E-state index contributed by atoms with van der Waals surface area (Å²) in [5.41, 5.74) is 2.09. The first-order chi connectivity index (χ1) is 12.3. The van der Waals surface area contributed by atoms with Crippen LogP contribution < -0.4 is 10.1 Å². The molecule has 0 aliphatic carbocycles. The number of imidazole rings is 1. The van der Waals surface area contributed by atoms with Gasteiger partial charge in [0.2, 0.25) is 0 Å². The van der Waals surface area contributed by atoms with Gasteiger partial charge in [0.1, 0.15) is 12.4 Å². The molecule has 5 nitrogen and oxygen atoms in total. The molecule has 0 aliphatic heterocycles. The summed E-state index contributed by atoms with van der Waals surface area (Å²) in [5.74, 6) is 0.843. The molecule has 1 N–H and O–H groups in total. The Morgan fingerprint density at radius 3 is 2.92 bits per heavy atom. The molecular formula is C19H21ClN4O. The zero-order valence-electron chi connectivity index (χ0n) is 13.9. The van der Waals surface area contributed by atoms with Crippen molar-refractivity contribution in [3.63, 3.8) is 0 Å². The monoisotopic (exact) mass is 356 g/mol. The third kappa shape index (κ3) is 5.59. The lowest BCUT2D eigenvalue weighted by Gasteiger charge is -2.13. The number of halogens is 1. The van der Waals surface area contributed by atoms with Crippen LogP contribution in [0.4, 0.5) is 0 Å². The number of benzene rings is 1. The highest BCUT2D eigenvalue weighted by Gasteiger charge is 2.05. The average molecular weight is 357 g/mol.